The van der Waals surface area contributed by atoms with Gasteiger partial charge in [0.25, 0.3) is 0 Å². The fourth-order valence-electron chi connectivity index (χ4n) is 1.96. The topological polar surface area (TPSA) is 20.3 Å². The summed E-state index contributed by atoms with van der Waals surface area (Å²) in [7, 11) is 0. The van der Waals surface area contributed by atoms with Crippen molar-refractivity contribution in [3.8, 4) is 0 Å². The number of hydrogen-bond acceptors (Lipinski definition) is 1. The molecule has 3 heteroatoms. The predicted octanol–water partition coefficient (Wildman–Crippen LogP) is 2.01. The molecule has 0 bridgehead atoms. The van der Waals surface area contributed by atoms with E-state index in [4.69, 9.17) is 0 Å². The van der Waals surface area contributed by atoms with Crippen molar-refractivity contribution in [1.82, 2.24) is 4.90 Å². The molecule has 1 heterocycles. The molecule has 1 fully saturated rings. The van der Waals surface area contributed by atoms with Gasteiger partial charge < -0.3 is 16.6 Å². The van der Waals surface area contributed by atoms with Crippen LogP contribution >= 0.6 is 0 Å². The van der Waals surface area contributed by atoms with Gasteiger partial charge in [-0.3, -0.25) is 0 Å². The summed E-state index contributed by atoms with van der Waals surface area (Å²) in [4.78, 5) is 12.2. The second-order valence-corrected chi connectivity index (χ2v) is 5.03. The quantitative estimate of drug-likeness (QED) is 0.667. The number of hydrogen-bond donors (Lipinski definition) is 0. The smallest absolute Gasteiger partial charge is 0 e. The first-order chi connectivity index (χ1) is 5.95. The van der Waals surface area contributed by atoms with Crippen LogP contribution in [0.15, 0.2) is 0 Å². The minimum atomic E-state index is 0. The molecule has 1 radical (unpaired) electrons. The molecule has 79 valence electrons. The molecule has 0 spiro atoms. The maximum Gasteiger partial charge on any atom is 0 e. The molecule has 14 heavy (non-hydrogen) atoms. The van der Waals surface area contributed by atoms with Gasteiger partial charge in [-0.1, -0.05) is 27.2 Å². The van der Waals surface area contributed by atoms with Gasteiger partial charge in [-0.2, -0.15) is 6.41 Å². The molecule has 1 aliphatic heterocycles. The van der Waals surface area contributed by atoms with Crippen molar-refractivity contribution < 1.29 is 37.5 Å². The Morgan fingerprint density at radius 1 is 1.43 bits per heavy atom. The molecule has 0 aliphatic carbocycles. The van der Waals surface area contributed by atoms with E-state index in [2.05, 4.69) is 27.7 Å². The largest absolute Gasteiger partial charge is 0.539 e. The van der Waals surface area contributed by atoms with Crippen molar-refractivity contribution in [2.24, 2.45) is 11.3 Å². The van der Waals surface area contributed by atoms with E-state index in [0.717, 1.165) is 19.4 Å². The second kappa shape index (κ2) is 5.60. The van der Waals surface area contributed by atoms with Crippen LogP contribution in [0.5, 0.6) is 0 Å². The molecule has 0 saturated carbocycles. The molecule has 1 aliphatic rings. The average Bonchev–Trinajstić information content (AvgIpc) is 2.02. The Labute approximate surface area is 113 Å². The Morgan fingerprint density at radius 2 is 2.00 bits per heavy atom. The zero-order valence-electron chi connectivity index (χ0n) is 9.42. The monoisotopic (exact) mass is 270 g/mol. The van der Waals surface area contributed by atoms with Gasteiger partial charge in [-0.05, 0) is 24.3 Å². The van der Waals surface area contributed by atoms with Crippen LogP contribution in [0.4, 0.5) is 0 Å². The summed E-state index contributed by atoms with van der Waals surface area (Å²) < 4.78 is 0. The third-order valence-corrected chi connectivity index (χ3v) is 3.06. The van der Waals surface area contributed by atoms with Gasteiger partial charge in [0.1, 0.15) is 0 Å². The third-order valence-electron chi connectivity index (χ3n) is 3.06. The second-order valence-electron chi connectivity index (χ2n) is 5.03. The molecule has 1 amide bonds. The Morgan fingerprint density at radius 3 is 2.36 bits per heavy atom. The first-order valence-electron chi connectivity index (χ1n) is 4.92. The maximum absolute atomic E-state index is 10.5. The zero-order chi connectivity index (χ0) is 10.1. The van der Waals surface area contributed by atoms with Gasteiger partial charge in [0.2, 0.25) is 0 Å². The Kier molecular flexibility index (Phi) is 5.83. The molecule has 2 nitrogen and oxygen atoms in total. The van der Waals surface area contributed by atoms with E-state index in [1.165, 1.54) is 0 Å². The van der Waals surface area contributed by atoms with Gasteiger partial charge in [-0.15, -0.1) is 6.04 Å². The van der Waals surface area contributed by atoms with Crippen molar-refractivity contribution in [2.45, 2.75) is 39.7 Å². The van der Waals surface area contributed by atoms with Gasteiger partial charge in [0.05, 0.1) is 0 Å². The first kappa shape index (κ1) is 14.6. The summed E-state index contributed by atoms with van der Waals surface area (Å²) in [5.74, 6) is 0.680. The van der Waals surface area contributed by atoms with Crippen LogP contribution in [0.1, 0.15) is 33.6 Å². The van der Waals surface area contributed by atoms with Crippen LogP contribution in [0, 0.1) is 18.3 Å². The van der Waals surface area contributed by atoms with Gasteiger partial charge in [0.15, 0.2) is 0 Å². The zero-order valence-corrected chi connectivity index (χ0v) is 12.3. The summed E-state index contributed by atoms with van der Waals surface area (Å²) in [5.41, 5.74) is 0.338. The Hall–Kier alpha value is 0.574. The van der Waals surface area contributed by atoms with Crippen molar-refractivity contribution >= 4 is 6.41 Å². The molecule has 0 aromatic heterocycles. The summed E-state index contributed by atoms with van der Waals surface area (Å²) in [6.45, 7) is 11.6. The van der Waals surface area contributed by atoms with Crippen molar-refractivity contribution in [1.29, 1.82) is 0 Å². The number of nitrogens with zero attached hydrogens (tertiary/aromatic N) is 1. The molecular weight excluding hydrogens is 251 g/mol. The molecular formula is C11H19NOY-2. The number of rotatable bonds is 1. The van der Waals surface area contributed by atoms with Crippen LogP contribution in [-0.2, 0) is 37.5 Å². The normalized spacial score (nSPS) is 28.1. The average molecular weight is 270 g/mol. The van der Waals surface area contributed by atoms with E-state index < -0.39 is 0 Å². The van der Waals surface area contributed by atoms with Gasteiger partial charge in [0, 0.05) is 32.7 Å². The van der Waals surface area contributed by atoms with Crippen LogP contribution in [0.3, 0.4) is 0 Å². The van der Waals surface area contributed by atoms with Crippen molar-refractivity contribution in [3.05, 3.63) is 6.92 Å². The molecule has 0 N–H and O–H groups in total. The number of piperidine rings is 1. The van der Waals surface area contributed by atoms with E-state index in [9.17, 15) is 4.79 Å². The van der Waals surface area contributed by atoms with Crippen LogP contribution < -0.4 is 0 Å². The predicted molar refractivity (Wildman–Crippen MR) is 53.7 cm³/mol. The molecule has 0 aromatic carbocycles. The summed E-state index contributed by atoms with van der Waals surface area (Å²) >= 11 is 0. The van der Waals surface area contributed by atoms with E-state index in [1.807, 2.05) is 6.41 Å². The minimum absolute atomic E-state index is 0. The Bertz CT molecular complexity index is 188. The van der Waals surface area contributed by atoms with E-state index in [1.54, 1.807) is 4.90 Å². The standard InChI is InChI=1S/C11H19NO.Y/c1-9-7-10(11(2,3)4)5-6-12(9)8-13;/h9-10H,1,5-7H2,2-4H3;/q-2;. The number of likely N-dealkylation sites (tertiary alicyclic amines) is 1. The number of carbonyl (C=O) groups excluding carboxylic acids is 1. The van der Waals surface area contributed by atoms with Crippen LogP contribution in [0.25, 0.3) is 0 Å². The molecule has 2 unspecified atom stereocenters. The van der Waals surface area contributed by atoms with E-state index in [-0.39, 0.29) is 38.8 Å². The third kappa shape index (κ3) is 3.62. The van der Waals surface area contributed by atoms with Crippen LogP contribution in [0.2, 0.25) is 0 Å². The molecule has 1 saturated heterocycles. The Balaban J connectivity index is 0.00000169. The fraction of sp³-hybridized carbons (Fsp3) is 0.818. The van der Waals surface area contributed by atoms with Crippen LogP contribution in [-0.4, -0.2) is 23.9 Å². The maximum atomic E-state index is 10.5. The van der Waals surface area contributed by atoms with Crippen molar-refractivity contribution in [3.63, 3.8) is 0 Å². The number of amides is 1. The minimum Gasteiger partial charge on any atom is -0.539 e. The first-order valence-corrected chi connectivity index (χ1v) is 4.92. The fourth-order valence-corrected chi connectivity index (χ4v) is 1.96. The van der Waals surface area contributed by atoms with Crippen molar-refractivity contribution in [2.75, 3.05) is 6.54 Å². The summed E-state index contributed by atoms with van der Waals surface area (Å²) in [6.07, 6.45) is 4.05. The van der Waals surface area contributed by atoms with E-state index in [0.29, 0.717) is 11.3 Å². The summed E-state index contributed by atoms with van der Waals surface area (Å²) in [6, 6.07) is 0.121. The molecule has 1 rings (SSSR count). The summed E-state index contributed by atoms with van der Waals surface area (Å²) in [5, 5.41) is 0. The SMILES string of the molecule is [CH2-]C1CC(C(C)(C)C)CCN1[C-]=O.[Y]. The van der Waals surface area contributed by atoms with E-state index >= 15 is 0 Å². The van der Waals surface area contributed by atoms with Gasteiger partial charge >= 0.3 is 0 Å². The van der Waals surface area contributed by atoms with Gasteiger partial charge in [-0.25, -0.2) is 0 Å². The molecule has 2 atom stereocenters. The molecule has 0 aromatic rings.